The van der Waals surface area contributed by atoms with Crippen molar-refractivity contribution in [3.05, 3.63) is 36.9 Å². The summed E-state index contributed by atoms with van der Waals surface area (Å²) in [5.74, 6) is -0.00172. The van der Waals surface area contributed by atoms with E-state index in [1.165, 1.54) is 0 Å². The third kappa shape index (κ3) is 3.38. The molecule has 0 saturated heterocycles. The molecule has 2 amide bonds. The number of ether oxygens (including phenoxy) is 1. The highest BCUT2D eigenvalue weighted by Gasteiger charge is 2.47. The molecule has 0 heterocycles. The highest BCUT2D eigenvalue weighted by Crippen LogP contribution is 2.39. The van der Waals surface area contributed by atoms with Crippen LogP contribution in [0.3, 0.4) is 0 Å². The van der Waals surface area contributed by atoms with E-state index >= 15 is 0 Å². The Morgan fingerprint density at radius 2 is 2.15 bits per heavy atom. The molecule has 0 aromatic heterocycles. The van der Waals surface area contributed by atoms with Crippen molar-refractivity contribution in [2.24, 2.45) is 11.8 Å². The molecular weight excluding hydrogens is 256 g/mol. The fourth-order valence-corrected chi connectivity index (χ4v) is 2.01. The van der Waals surface area contributed by atoms with Crippen molar-refractivity contribution in [3.8, 4) is 5.75 Å². The Morgan fingerprint density at radius 1 is 1.40 bits per heavy atom. The molecule has 1 aromatic carbocycles. The second-order valence-electron chi connectivity index (χ2n) is 4.70. The molecule has 2 N–H and O–H groups in total. The molecule has 1 aromatic rings. The third-order valence-electron chi connectivity index (χ3n) is 3.22. The summed E-state index contributed by atoms with van der Waals surface area (Å²) in [5, 5.41) is 5.50. The standard InChI is InChI=1S/C15H18N2O3/c1-3-7-16-14(18)12-9-13(12)15(19)17-10-5-4-6-11(8-10)20-2/h3-6,8,12-13H,1,7,9H2,2H3,(H,16,18)(H,17,19). The number of hydrogen-bond donors (Lipinski definition) is 2. The predicted molar refractivity (Wildman–Crippen MR) is 76.4 cm³/mol. The Hall–Kier alpha value is -2.30. The van der Waals surface area contributed by atoms with E-state index in [4.69, 9.17) is 4.74 Å². The summed E-state index contributed by atoms with van der Waals surface area (Å²) in [6.45, 7) is 3.96. The minimum atomic E-state index is -0.244. The van der Waals surface area contributed by atoms with Gasteiger partial charge < -0.3 is 15.4 Å². The van der Waals surface area contributed by atoms with Crippen molar-refractivity contribution in [2.75, 3.05) is 19.0 Å². The Morgan fingerprint density at radius 3 is 2.85 bits per heavy atom. The first kappa shape index (κ1) is 14.1. The second-order valence-corrected chi connectivity index (χ2v) is 4.70. The first-order valence-corrected chi connectivity index (χ1v) is 6.49. The Balaban J connectivity index is 1.87. The van der Waals surface area contributed by atoms with Crippen molar-refractivity contribution >= 4 is 17.5 Å². The topological polar surface area (TPSA) is 67.4 Å². The predicted octanol–water partition coefficient (Wildman–Crippen LogP) is 1.57. The Bertz CT molecular complexity index is 528. The molecular formula is C15H18N2O3. The lowest BCUT2D eigenvalue weighted by Gasteiger charge is -2.07. The highest BCUT2D eigenvalue weighted by molar-refractivity contribution is 5.99. The van der Waals surface area contributed by atoms with Gasteiger partial charge in [0.1, 0.15) is 5.75 Å². The molecule has 2 rings (SSSR count). The number of carbonyl (C=O) groups is 2. The first-order chi connectivity index (χ1) is 9.65. The van der Waals surface area contributed by atoms with Crippen LogP contribution >= 0.6 is 0 Å². The zero-order valence-electron chi connectivity index (χ0n) is 11.4. The van der Waals surface area contributed by atoms with Crippen LogP contribution in [0.1, 0.15) is 6.42 Å². The molecule has 1 aliphatic carbocycles. The van der Waals surface area contributed by atoms with E-state index in [0.29, 0.717) is 24.4 Å². The van der Waals surface area contributed by atoms with Crippen LogP contribution in [-0.2, 0) is 9.59 Å². The summed E-state index contributed by atoms with van der Waals surface area (Å²) >= 11 is 0. The minimum Gasteiger partial charge on any atom is -0.497 e. The van der Waals surface area contributed by atoms with Crippen LogP contribution in [0.2, 0.25) is 0 Å². The van der Waals surface area contributed by atoms with E-state index in [1.54, 1.807) is 37.5 Å². The van der Waals surface area contributed by atoms with Crippen molar-refractivity contribution in [1.29, 1.82) is 0 Å². The molecule has 1 aliphatic rings. The fourth-order valence-electron chi connectivity index (χ4n) is 2.01. The quantitative estimate of drug-likeness (QED) is 0.774. The van der Waals surface area contributed by atoms with Gasteiger partial charge in [-0.25, -0.2) is 0 Å². The van der Waals surface area contributed by atoms with Gasteiger partial charge in [0.25, 0.3) is 0 Å². The molecule has 0 aliphatic heterocycles. The Labute approximate surface area is 118 Å². The number of methoxy groups -OCH3 is 1. The summed E-state index contributed by atoms with van der Waals surface area (Å²) < 4.78 is 5.09. The van der Waals surface area contributed by atoms with Crippen LogP contribution in [0.5, 0.6) is 5.75 Å². The smallest absolute Gasteiger partial charge is 0.228 e. The van der Waals surface area contributed by atoms with Crippen LogP contribution in [0, 0.1) is 11.8 Å². The number of benzene rings is 1. The summed E-state index contributed by atoms with van der Waals surface area (Å²) in [6, 6.07) is 7.14. The van der Waals surface area contributed by atoms with Crippen LogP contribution in [0.4, 0.5) is 5.69 Å². The fraction of sp³-hybridized carbons (Fsp3) is 0.333. The van der Waals surface area contributed by atoms with E-state index in [2.05, 4.69) is 17.2 Å². The largest absolute Gasteiger partial charge is 0.497 e. The number of nitrogens with one attached hydrogen (secondary N) is 2. The zero-order valence-corrected chi connectivity index (χ0v) is 11.4. The number of amides is 2. The number of hydrogen-bond acceptors (Lipinski definition) is 3. The molecule has 0 radical (unpaired) electrons. The van der Waals surface area contributed by atoms with Gasteiger partial charge in [-0.2, -0.15) is 0 Å². The molecule has 0 bridgehead atoms. The molecule has 0 spiro atoms. The van der Waals surface area contributed by atoms with Gasteiger partial charge in [0.2, 0.25) is 11.8 Å². The lowest BCUT2D eigenvalue weighted by Crippen LogP contribution is -2.27. The van der Waals surface area contributed by atoms with Gasteiger partial charge in [-0.3, -0.25) is 9.59 Å². The van der Waals surface area contributed by atoms with Gasteiger partial charge in [0.05, 0.1) is 18.9 Å². The normalized spacial score (nSPS) is 19.9. The summed E-state index contributed by atoms with van der Waals surface area (Å²) in [5.41, 5.74) is 0.673. The van der Waals surface area contributed by atoms with Crippen LogP contribution in [0.15, 0.2) is 36.9 Å². The minimum absolute atomic E-state index is 0.0873. The van der Waals surface area contributed by atoms with Gasteiger partial charge >= 0.3 is 0 Å². The van der Waals surface area contributed by atoms with E-state index in [-0.39, 0.29) is 23.7 Å². The first-order valence-electron chi connectivity index (χ1n) is 6.49. The molecule has 5 heteroatoms. The second kappa shape index (κ2) is 6.23. The molecule has 2 atom stereocenters. The summed E-state index contributed by atoms with van der Waals surface area (Å²) in [6.07, 6.45) is 2.21. The molecule has 5 nitrogen and oxygen atoms in total. The monoisotopic (exact) mass is 274 g/mol. The van der Waals surface area contributed by atoms with Gasteiger partial charge in [0, 0.05) is 18.3 Å². The van der Waals surface area contributed by atoms with Crippen molar-refractivity contribution < 1.29 is 14.3 Å². The summed E-state index contributed by atoms with van der Waals surface area (Å²) in [4.78, 5) is 23.7. The van der Waals surface area contributed by atoms with Gasteiger partial charge in [0.15, 0.2) is 0 Å². The maximum atomic E-state index is 12.0. The summed E-state index contributed by atoms with van der Waals surface area (Å²) in [7, 11) is 1.57. The van der Waals surface area contributed by atoms with E-state index < -0.39 is 0 Å². The van der Waals surface area contributed by atoms with E-state index in [0.717, 1.165) is 0 Å². The van der Waals surface area contributed by atoms with Crippen molar-refractivity contribution in [1.82, 2.24) is 5.32 Å². The Kier molecular flexibility index (Phi) is 4.40. The van der Waals surface area contributed by atoms with Crippen molar-refractivity contribution in [2.45, 2.75) is 6.42 Å². The average Bonchev–Trinajstić information content (AvgIpc) is 3.25. The molecule has 1 saturated carbocycles. The van der Waals surface area contributed by atoms with Crippen LogP contribution in [0.25, 0.3) is 0 Å². The van der Waals surface area contributed by atoms with Gasteiger partial charge in [-0.05, 0) is 18.6 Å². The highest BCUT2D eigenvalue weighted by atomic mass is 16.5. The molecule has 2 unspecified atom stereocenters. The maximum absolute atomic E-state index is 12.0. The SMILES string of the molecule is C=CCNC(=O)C1CC1C(=O)Nc1cccc(OC)c1. The average molecular weight is 274 g/mol. The van der Waals surface area contributed by atoms with Crippen LogP contribution < -0.4 is 15.4 Å². The lowest BCUT2D eigenvalue weighted by molar-refractivity contribution is -0.125. The number of anilines is 1. The lowest BCUT2D eigenvalue weighted by atomic mass is 10.2. The van der Waals surface area contributed by atoms with Gasteiger partial charge in [-0.1, -0.05) is 12.1 Å². The maximum Gasteiger partial charge on any atom is 0.228 e. The molecule has 1 fully saturated rings. The zero-order chi connectivity index (χ0) is 14.5. The van der Waals surface area contributed by atoms with Crippen LogP contribution in [-0.4, -0.2) is 25.5 Å². The number of carbonyl (C=O) groups excluding carboxylic acids is 2. The van der Waals surface area contributed by atoms with E-state index in [1.807, 2.05) is 0 Å². The number of rotatable bonds is 6. The molecule has 20 heavy (non-hydrogen) atoms. The van der Waals surface area contributed by atoms with Crippen molar-refractivity contribution in [3.63, 3.8) is 0 Å². The van der Waals surface area contributed by atoms with Gasteiger partial charge in [-0.15, -0.1) is 6.58 Å². The molecule has 106 valence electrons. The third-order valence-corrected chi connectivity index (χ3v) is 3.22. The van der Waals surface area contributed by atoms with E-state index in [9.17, 15) is 9.59 Å².